The topological polar surface area (TPSA) is 95.1 Å². The van der Waals surface area contributed by atoms with Crippen molar-refractivity contribution in [3.63, 3.8) is 0 Å². The Bertz CT molecular complexity index is 1180. The number of nitrogens with zero attached hydrogens (tertiary/aromatic N) is 4. The van der Waals surface area contributed by atoms with Crippen molar-refractivity contribution in [3.8, 4) is 5.75 Å². The van der Waals surface area contributed by atoms with E-state index in [0.717, 1.165) is 38.3 Å². The molecule has 0 spiro atoms. The molecule has 0 saturated carbocycles. The molecular formula is C28H41N5O4S. The lowest BCUT2D eigenvalue weighted by Crippen LogP contribution is -2.45. The van der Waals surface area contributed by atoms with Crippen molar-refractivity contribution in [1.82, 2.24) is 19.5 Å². The van der Waals surface area contributed by atoms with E-state index in [2.05, 4.69) is 27.2 Å². The number of methoxy groups -OCH3 is 1. The number of sulfonamides is 1. The van der Waals surface area contributed by atoms with Crippen LogP contribution in [0.1, 0.15) is 48.8 Å². The van der Waals surface area contributed by atoms with Gasteiger partial charge in [0.15, 0.2) is 0 Å². The Labute approximate surface area is 227 Å². The Hall–Kier alpha value is -2.69. The van der Waals surface area contributed by atoms with Gasteiger partial charge in [-0.2, -0.15) is 0 Å². The number of hydrogen-bond acceptors (Lipinski definition) is 7. The molecule has 208 valence electrons. The van der Waals surface area contributed by atoms with Gasteiger partial charge in [0.05, 0.1) is 12.0 Å². The van der Waals surface area contributed by atoms with Crippen molar-refractivity contribution in [1.29, 1.82) is 0 Å². The Balaban J connectivity index is 1.23. The molecule has 2 aliphatic rings. The SMILES string of the molecule is COc1cc(C)c(S(=O)(=O)N(C)CCC(=O)NC2CCN(c3ccc(CN4CCCC4)cn3)CC2)c(C)c1. The predicted molar refractivity (Wildman–Crippen MR) is 149 cm³/mol. The maximum absolute atomic E-state index is 13.2. The summed E-state index contributed by atoms with van der Waals surface area (Å²) in [6.07, 6.45) is 6.35. The molecular weight excluding hydrogens is 502 g/mol. The first-order valence-electron chi connectivity index (χ1n) is 13.5. The first kappa shape index (κ1) is 28.3. The van der Waals surface area contributed by atoms with Gasteiger partial charge < -0.3 is 15.0 Å². The number of anilines is 1. The molecule has 1 aromatic carbocycles. The van der Waals surface area contributed by atoms with Crippen molar-refractivity contribution in [2.45, 2.75) is 63.4 Å². The molecule has 38 heavy (non-hydrogen) atoms. The summed E-state index contributed by atoms with van der Waals surface area (Å²) in [4.78, 5) is 22.3. The van der Waals surface area contributed by atoms with Gasteiger partial charge in [0.2, 0.25) is 15.9 Å². The van der Waals surface area contributed by atoms with Crippen LogP contribution < -0.4 is 15.0 Å². The van der Waals surface area contributed by atoms with Gasteiger partial charge in [0, 0.05) is 51.9 Å². The lowest BCUT2D eigenvalue weighted by atomic mass is 10.0. The Kier molecular flexibility index (Phi) is 9.27. The molecule has 3 heterocycles. The third-order valence-corrected chi connectivity index (χ3v) is 9.75. The van der Waals surface area contributed by atoms with Gasteiger partial charge in [-0.15, -0.1) is 0 Å². The molecule has 2 fully saturated rings. The van der Waals surface area contributed by atoms with Gasteiger partial charge >= 0.3 is 0 Å². The van der Waals surface area contributed by atoms with E-state index in [4.69, 9.17) is 9.72 Å². The van der Waals surface area contributed by atoms with Gasteiger partial charge in [0.25, 0.3) is 0 Å². The number of hydrogen-bond donors (Lipinski definition) is 1. The first-order valence-corrected chi connectivity index (χ1v) is 14.9. The zero-order chi connectivity index (χ0) is 27.3. The van der Waals surface area contributed by atoms with Gasteiger partial charge in [-0.1, -0.05) is 6.07 Å². The molecule has 4 rings (SSSR count). The van der Waals surface area contributed by atoms with Gasteiger partial charge in [-0.3, -0.25) is 9.69 Å². The number of amides is 1. The second-order valence-corrected chi connectivity index (χ2v) is 12.5. The molecule has 0 bridgehead atoms. The van der Waals surface area contributed by atoms with Crippen LogP contribution in [0.15, 0.2) is 35.4 Å². The summed E-state index contributed by atoms with van der Waals surface area (Å²) in [5.41, 5.74) is 2.50. The molecule has 1 aromatic heterocycles. The van der Waals surface area contributed by atoms with Crippen LogP contribution in [0.4, 0.5) is 5.82 Å². The number of carbonyl (C=O) groups excluding carboxylic acids is 1. The number of nitrogens with one attached hydrogen (secondary N) is 1. The predicted octanol–water partition coefficient (Wildman–Crippen LogP) is 3.10. The minimum atomic E-state index is -3.72. The van der Waals surface area contributed by atoms with Gasteiger partial charge in [-0.05, 0) is 87.5 Å². The van der Waals surface area contributed by atoms with Crippen LogP contribution in [0.25, 0.3) is 0 Å². The zero-order valence-corrected chi connectivity index (χ0v) is 23.9. The number of rotatable bonds is 10. The number of aromatic nitrogens is 1. The Morgan fingerprint density at radius 1 is 1.11 bits per heavy atom. The molecule has 10 heteroatoms. The fourth-order valence-corrected chi connectivity index (χ4v) is 6.99. The van der Waals surface area contributed by atoms with Crippen LogP contribution in [-0.2, 0) is 21.4 Å². The fourth-order valence-electron chi connectivity index (χ4n) is 5.42. The summed E-state index contributed by atoms with van der Waals surface area (Å²) in [6, 6.07) is 7.79. The summed E-state index contributed by atoms with van der Waals surface area (Å²) >= 11 is 0. The number of pyridine rings is 1. The molecule has 0 atom stereocenters. The van der Waals surface area contributed by atoms with Crippen LogP contribution in [0.5, 0.6) is 5.75 Å². The first-order chi connectivity index (χ1) is 18.2. The van der Waals surface area contributed by atoms with E-state index in [-0.39, 0.29) is 29.8 Å². The third-order valence-electron chi connectivity index (χ3n) is 7.59. The lowest BCUT2D eigenvalue weighted by molar-refractivity contribution is -0.122. The molecule has 0 aliphatic carbocycles. The minimum Gasteiger partial charge on any atom is -0.497 e. The smallest absolute Gasteiger partial charge is 0.243 e. The van der Waals surface area contributed by atoms with Crippen molar-refractivity contribution in [2.24, 2.45) is 0 Å². The highest BCUT2D eigenvalue weighted by Gasteiger charge is 2.27. The monoisotopic (exact) mass is 543 g/mol. The number of aryl methyl sites for hydroxylation is 2. The van der Waals surface area contributed by atoms with E-state index in [1.807, 2.05) is 6.20 Å². The van der Waals surface area contributed by atoms with Gasteiger partial charge in [0.1, 0.15) is 11.6 Å². The third kappa shape index (κ3) is 6.84. The highest BCUT2D eigenvalue weighted by Crippen LogP contribution is 2.28. The average molecular weight is 544 g/mol. The van der Waals surface area contributed by atoms with E-state index >= 15 is 0 Å². The number of carbonyl (C=O) groups is 1. The van der Waals surface area contributed by atoms with Crippen LogP contribution in [-0.4, -0.2) is 81.4 Å². The standard InChI is InChI=1S/C28H41N5O4S/c1-21-17-25(37-4)18-22(2)28(21)38(35,36)31(3)14-11-27(34)30-24-9-15-33(16-10-24)26-8-7-23(19-29-26)20-32-12-5-6-13-32/h7-8,17-19,24H,5-6,9-16,20H2,1-4H3,(H,30,34). The van der Waals surface area contributed by atoms with Crippen LogP contribution >= 0.6 is 0 Å². The van der Waals surface area contributed by atoms with Crippen molar-refractivity contribution < 1.29 is 17.9 Å². The molecule has 0 unspecified atom stereocenters. The van der Waals surface area contributed by atoms with Crippen LogP contribution in [0, 0.1) is 13.8 Å². The lowest BCUT2D eigenvalue weighted by Gasteiger charge is -2.33. The minimum absolute atomic E-state index is 0.0844. The molecule has 2 aliphatic heterocycles. The highest BCUT2D eigenvalue weighted by atomic mass is 32.2. The number of piperidine rings is 1. The van der Waals surface area contributed by atoms with Crippen molar-refractivity contribution >= 4 is 21.7 Å². The number of ether oxygens (including phenoxy) is 1. The molecule has 9 nitrogen and oxygen atoms in total. The Morgan fingerprint density at radius 2 is 1.76 bits per heavy atom. The molecule has 2 aromatic rings. The number of benzene rings is 1. The van der Waals surface area contributed by atoms with E-state index in [1.165, 1.54) is 42.8 Å². The quantitative estimate of drug-likeness (QED) is 0.492. The molecule has 0 radical (unpaired) electrons. The maximum Gasteiger partial charge on any atom is 0.243 e. The van der Waals surface area contributed by atoms with Crippen molar-refractivity contribution in [3.05, 3.63) is 47.2 Å². The average Bonchev–Trinajstić information content (AvgIpc) is 3.40. The van der Waals surface area contributed by atoms with Crippen LogP contribution in [0.2, 0.25) is 0 Å². The number of likely N-dealkylation sites (tertiary alicyclic amines) is 1. The fraction of sp³-hybridized carbons (Fsp3) is 0.571. The second-order valence-electron chi connectivity index (χ2n) is 10.5. The zero-order valence-electron chi connectivity index (χ0n) is 23.1. The largest absolute Gasteiger partial charge is 0.497 e. The van der Waals surface area contributed by atoms with E-state index < -0.39 is 10.0 Å². The van der Waals surface area contributed by atoms with Gasteiger partial charge in [-0.25, -0.2) is 17.7 Å². The summed E-state index contributed by atoms with van der Waals surface area (Å²) in [5.74, 6) is 1.48. The summed E-state index contributed by atoms with van der Waals surface area (Å²) in [7, 11) is -0.642. The summed E-state index contributed by atoms with van der Waals surface area (Å²) < 4.78 is 32.9. The second kappa shape index (κ2) is 12.4. The van der Waals surface area contributed by atoms with E-state index in [1.54, 1.807) is 33.1 Å². The van der Waals surface area contributed by atoms with Crippen molar-refractivity contribution in [2.75, 3.05) is 51.8 Å². The molecule has 1 amide bonds. The maximum atomic E-state index is 13.2. The molecule has 1 N–H and O–H groups in total. The molecule has 2 saturated heterocycles. The summed E-state index contributed by atoms with van der Waals surface area (Å²) in [6.45, 7) is 8.61. The van der Waals surface area contributed by atoms with E-state index in [0.29, 0.717) is 16.9 Å². The van der Waals surface area contributed by atoms with Crippen LogP contribution in [0.3, 0.4) is 0 Å². The Morgan fingerprint density at radius 3 is 2.34 bits per heavy atom. The van der Waals surface area contributed by atoms with E-state index in [9.17, 15) is 13.2 Å². The summed E-state index contributed by atoms with van der Waals surface area (Å²) in [5, 5.41) is 3.10. The normalized spacial score (nSPS) is 17.2. The highest BCUT2D eigenvalue weighted by molar-refractivity contribution is 7.89.